The summed E-state index contributed by atoms with van der Waals surface area (Å²) in [5.41, 5.74) is 1.06. The Morgan fingerprint density at radius 1 is 1.33 bits per heavy atom. The Morgan fingerprint density at radius 2 is 2.11 bits per heavy atom. The van der Waals surface area contributed by atoms with Gasteiger partial charge < -0.3 is 20.3 Å². The van der Waals surface area contributed by atoms with Gasteiger partial charge >= 0.3 is 12.1 Å². The van der Waals surface area contributed by atoms with E-state index >= 15 is 0 Å². The molecule has 1 saturated heterocycles. The number of nitrogens with zero attached hydrogens (tertiary/aromatic N) is 2. The molecule has 1 fully saturated rings. The van der Waals surface area contributed by atoms with E-state index in [4.69, 9.17) is 4.74 Å². The van der Waals surface area contributed by atoms with Gasteiger partial charge in [0, 0.05) is 38.8 Å². The lowest BCUT2D eigenvalue weighted by Gasteiger charge is -2.35. The first-order valence-corrected chi connectivity index (χ1v) is 9.28. The second-order valence-electron chi connectivity index (χ2n) is 7.94. The van der Waals surface area contributed by atoms with Crippen molar-refractivity contribution in [1.29, 1.82) is 0 Å². The van der Waals surface area contributed by atoms with Crippen LogP contribution in [0.2, 0.25) is 0 Å². The predicted molar refractivity (Wildman–Crippen MR) is 100 cm³/mol. The Bertz CT molecular complexity index is 719. The zero-order valence-electron chi connectivity index (χ0n) is 16.0. The van der Waals surface area contributed by atoms with E-state index in [0.717, 1.165) is 12.0 Å². The smallest absolute Gasteiger partial charge is 0.410 e. The number of nitrogens with one attached hydrogen (secondary N) is 2. The fourth-order valence-electron chi connectivity index (χ4n) is 3.32. The Balaban J connectivity index is 1.52. The van der Waals surface area contributed by atoms with Crippen molar-refractivity contribution >= 4 is 17.8 Å². The highest BCUT2D eigenvalue weighted by Gasteiger charge is 2.29. The molecule has 1 aromatic rings. The second kappa shape index (κ2) is 7.72. The summed E-state index contributed by atoms with van der Waals surface area (Å²) < 4.78 is 18.9. The SMILES string of the molecule is CC(C)(C)OC(=O)N1CCN[C@H](CNC(=O)N2CCc3ccc(F)cc32)C1. The molecule has 7 nitrogen and oxygen atoms in total. The highest BCUT2D eigenvalue weighted by atomic mass is 19.1. The first-order valence-electron chi connectivity index (χ1n) is 9.28. The summed E-state index contributed by atoms with van der Waals surface area (Å²) in [4.78, 5) is 28.0. The molecule has 0 unspecified atom stereocenters. The fraction of sp³-hybridized carbons (Fsp3) is 0.579. The molecule has 2 aliphatic heterocycles. The summed E-state index contributed by atoms with van der Waals surface area (Å²) in [5.74, 6) is -0.351. The van der Waals surface area contributed by atoms with Crippen LogP contribution in [0.15, 0.2) is 18.2 Å². The van der Waals surface area contributed by atoms with Crippen LogP contribution in [-0.2, 0) is 11.2 Å². The highest BCUT2D eigenvalue weighted by Crippen LogP contribution is 2.28. The summed E-state index contributed by atoms with van der Waals surface area (Å²) in [6.07, 6.45) is 0.376. The van der Waals surface area contributed by atoms with E-state index in [2.05, 4.69) is 10.6 Å². The first-order chi connectivity index (χ1) is 12.7. The van der Waals surface area contributed by atoms with Crippen LogP contribution in [0.5, 0.6) is 0 Å². The van der Waals surface area contributed by atoms with Crippen LogP contribution in [0, 0.1) is 5.82 Å². The Morgan fingerprint density at radius 3 is 2.85 bits per heavy atom. The second-order valence-corrected chi connectivity index (χ2v) is 7.94. The van der Waals surface area contributed by atoms with Crippen LogP contribution in [-0.4, -0.2) is 61.4 Å². The van der Waals surface area contributed by atoms with Gasteiger partial charge in [0.05, 0.1) is 5.69 Å². The van der Waals surface area contributed by atoms with Crippen molar-refractivity contribution in [3.8, 4) is 0 Å². The third-order valence-electron chi connectivity index (χ3n) is 4.59. The van der Waals surface area contributed by atoms with E-state index in [1.165, 1.54) is 12.1 Å². The molecule has 0 saturated carbocycles. The van der Waals surface area contributed by atoms with Crippen molar-refractivity contribution in [3.05, 3.63) is 29.6 Å². The highest BCUT2D eigenvalue weighted by molar-refractivity contribution is 5.94. The summed E-state index contributed by atoms with van der Waals surface area (Å²) in [7, 11) is 0. The molecule has 8 heteroatoms. The molecule has 0 radical (unpaired) electrons. The topological polar surface area (TPSA) is 73.9 Å². The van der Waals surface area contributed by atoms with Crippen LogP contribution in [0.4, 0.5) is 19.7 Å². The molecule has 27 heavy (non-hydrogen) atoms. The Hall–Kier alpha value is -2.35. The number of rotatable bonds is 2. The minimum Gasteiger partial charge on any atom is -0.444 e. The van der Waals surface area contributed by atoms with Gasteiger partial charge in [0.2, 0.25) is 0 Å². The van der Waals surface area contributed by atoms with Crippen molar-refractivity contribution in [2.45, 2.75) is 38.8 Å². The van der Waals surface area contributed by atoms with Gasteiger partial charge in [0.1, 0.15) is 11.4 Å². The molecular weight excluding hydrogens is 351 g/mol. The van der Waals surface area contributed by atoms with Gasteiger partial charge in [-0.05, 0) is 44.9 Å². The number of piperazine rings is 1. The van der Waals surface area contributed by atoms with Crippen LogP contribution >= 0.6 is 0 Å². The first kappa shape index (κ1) is 19.4. The lowest BCUT2D eigenvalue weighted by Crippen LogP contribution is -2.57. The number of urea groups is 1. The number of fused-ring (bicyclic) bond motifs is 1. The normalized spacial score (nSPS) is 19.6. The molecule has 1 atom stereocenters. The Kier molecular flexibility index (Phi) is 5.55. The molecule has 2 aliphatic rings. The molecule has 2 heterocycles. The summed E-state index contributed by atoms with van der Waals surface area (Å²) in [5, 5.41) is 6.18. The van der Waals surface area contributed by atoms with Crippen molar-refractivity contribution in [2.24, 2.45) is 0 Å². The number of ether oxygens (including phenoxy) is 1. The Labute approximate surface area is 158 Å². The van der Waals surface area contributed by atoms with Gasteiger partial charge in [-0.3, -0.25) is 4.90 Å². The average molecular weight is 378 g/mol. The fourth-order valence-corrected chi connectivity index (χ4v) is 3.32. The molecule has 0 aromatic heterocycles. The molecule has 148 valence electrons. The standard InChI is InChI=1S/C19H27FN4O3/c1-19(2,3)27-18(26)23-9-7-21-15(12-23)11-22-17(25)24-8-6-13-4-5-14(20)10-16(13)24/h4-5,10,15,21H,6-9,11-12H2,1-3H3,(H,22,25)/t15-/m1/s1. The van der Waals surface area contributed by atoms with Crippen molar-refractivity contribution in [2.75, 3.05) is 37.6 Å². The van der Waals surface area contributed by atoms with E-state index in [1.807, 2.05) is 20.8 Å². The zero-order valence-corrected chi connectivity index (χ0v) is 16.0. The maximum Gasteiger partial charge on any atom is 0.410 e. The minimum atomic E-state index is -0.538. The van der Waals surface area contributed by atoms with Gasteiger partial charge in [0.15, 0.2) is 0 Å². The van der Waals surface area contributed by atoms with Gasteiger partial charge in [0.25, 0.3) is 0 Å². The lowest BCUT2D eigenvalue weighted by atomic mass is 10.2. The third kappa shape index (κ3) is 4.88. The van der Waals surface area contributed by atoms with Crippen molar-refractivity contribution < 1.29 is 18.7 Å². The molecule has 3 rings (SSSR count). The van der Waals surface area contributed by atoms with E-state index in [-0.39, 0.29) is 24.0 Å². The minimum absolute atomic E-state index is 0.0650. The largest absolute Gasteiger partial charge is 0.444 e. The predicted octanol–water partition coefficient (Wildman–Crippen LogP) is 2.11. The maximum absolute atomic E-state index is 13.5. The van der Waals surface area contributed by atoms with Crippen LogP contribution in [0.3, 0.4) is 0 Å². The number of carbonyl (C=O) groups excluding carboxylic acids is 2. The monoisotopic (exact) mass is 378 g/mol. The van der Waals surface area contributed by atoms with E-state index < -0.39 is 5.60 Å². The molecule has 0 spiro atoms. The summed E-state index contributed by atoms with van der Waals surface area (Å²) in [6, 6.07) is 4.21. The van der Waals surface area contributed by atoms with Gasteiger partial charge in [-0.15, -0.1) is 0 Å². The number of carbonyl (C=O) groups is 2. The zero-order chi connectivity index (χ0) is 19.6. The van der Waals surface area contributed by atoms with Crippen molar-refractivity contribution in [1.82, 2.24) is 15.5 Å². The van der Waals surface area contributed by atoms with E-state index in [9.17, 15) is 14.0 Å². The molecule has 2 N–H and O–H groups in total. The number of anilines is 1. The van der Waals surface area contributed by atoms with Crippen LogP contribution in [0.25, 0.3) is 0 Å². The van der Waals surface area contributed by atoms with Crippen LogP contribution in [0.1, 0.15) is 26.3 Å². The van der Waals surface area contributed by atoms with Gasteiger partial charge in [-0.2, -0.15) is 0 Å². The third-order valence-corrected chi connectivity index (χ3v) is 4.59. The molecule has 0 aliphatic carbocycles. The summed E-state index contributed by atoms with van der Waals surface area (Å²) >= 11 is 0. The molecular formula is C19H27FN4O3. The number of halogens is 1. The number of hydrogen-bond donors (Lipinski definition) is 2. The number of hydrogen-bond acceptors (Lipinski definition) is 4. The van der Waals surface area contributed by atoms with Crippen LogP contribution < -0.4 is 15.5 Å². The molecule has 3 amide bonds. The summed E-state index contributed by atoms with van der Waals surface area (Å²) in [6.45, 7) is 8.08. The maximum atomic E-state index is 13.5. The molecule has 0 bridgehead atoms. The average Bonchev–Trinajstić information content (AvgIpc) is 3.01. The van der Waals surface area contributed by atoms with Crippen molar-refractivity contribution in [3.63, 3.8) is 0 Å². The molecule has 1 aromatic carbocycles. The lowest BCUT2D eigenvalue weighted by molar-refractivity contribution is 0.0197. The van der Waals surface area contributed by atoms with E-state index in [1.54, 1.807) is 15.9 Å². The van der Waals surface area contributed by atoms with Gasteiger partial charge in [-0.1, -0.05) is 6.07 Å². The van der Waals surface area contributed by atoms with E-state index in [0.29, 0.717) is 38.4 Å². The number of benzene rings is 1. The quantitative estimate of drug-likeness (QED) is 0.827. The van der Waals surface area contributed by atoms with Gasteiger partial charge in [-0.25, -0.2) is 14.0 Å². The number of amides is 3.